The Labute approximate surface area is 107 Å². The van der Waals surface area contributed by atoms with E-state index < -0.39 is 0 Å². The van der Waals surface area contributed by atoms with E-state index in [1.165, 1.54) is 0 Å². The van der Waals surface area contributed by atoms with Crippen LogP contribution in [0.2, 0.25) is 5.02 Å². The summed E-state index contributed by atoms with van der Waals surface area (Å²) in [6.45, 7) is 0.746. The van der Waals surface area contributed by atoms with Gasteiger partial charge in [0.15, 0.2) is 5.82 Å². The van der Waals surface area contributed by atoms with Gasteiger partial charge in [0.05, 0.1) is 15.7 Å². The number of hydrogen-bond donors (Lipinski definition) is 1. The molecule has 0 radical (unpaired) electrons. The first-order valence-corrected chi connectivity index (χ1v) is 5.87. The van der Waals surface area contributed by atoms with E-state index in [4.69, 9.17) is 11.6 Å². The molecule has 0 aromatic carbocycles. The summed E-state index contributed by atoms with van der Waals surface area (Å²) in [4.78, 5) is 4.29. The monoisotopic (exact) mass is 300 g/mol. The molecule has 0 aliphatic rings. The average Bonchev–Trinajstić information content (AvgIpc) is 2.65. The first-order valence-electron chi connectivity index (χ1n) is 4.70. The van der Waals surface area contributed by atoms with Crippen molar-refractivity contribution in [3.63, 3.8) is 0 Å². The second-order valence-corrected chi connectivity index (χ2v) is 4.61. The zero-order chi connectivity index (χ0) is 11.5. The fourth-order valence-electron chi connectivity index (χ4n) is 1.36. The molecule has 0 fully saturated rings. The van der Waals surface area contributed by atoms with Crippen molar-refractivity contribution in [3.8, 4) is 5.82 Å². The van der Waals surface area contributed by atoms with Crippen molar-refractivity contribution in [2.24, 2.45) is 0 Å². The van der Waals surface area contributed by atoms with Crippen molar-refractivity contribution in [1.29, 1.82) is 0 Å². The van der Waals surface area contributed by atoms with E-state index in [-0.39, 0.29) is 0 Å². The molecule has 0 bridgehead atoms. The predicted octanol–water partition coefficient (Wildman–Crippen LogP) is 2.40. The molecular formula is C10H10BrClN4. The summed E-state index contributed by atoms with van der Waals surface area (Å²) < 4.78 is 2.53. The van der Waals surface area contributed by atoms with Gasteiger partial charge >= 0.3 is 0 Å². The molecule has 1 N–H and O–H groups in total. The van der Waals surface area contributed by atoms with E-state index in [0.29, 0.717) is 10.8 Å². The molecule has 0 amide bonds. The molecule has 0 spiro atoms. The maximum atomic E-state index is 6.14. The van der Waals surface area contributed by atoms with Gasteiger partial charge in [0.1, 0.15) is 0 Å². The van der Waals surface area contributed by atoms with Crippen molar-refractivity contribution >= 4 is 27.5 Å². The quantitative estimate of drug-likeness (QED) is 0.946. The second-order valence-electron chi connectivity index (χ2n) is 3.28. The first-order chi connectivity index (χ1) is 7.70. The normalized spacial score (nSPS) is 10.7. The zero-order valence-corrected chi connectivity index (χ0v) is 11.0. The van der Waals surface area contributed by atoms with Crippen LogP contribution in [0.4, 0.5) is 0 Å². The third-order valence-electron chi connectivity index (χ3n) is 2.03. The van der Waals surface area contributed by atoms with Gasteiger partial charge in [-0.25, -0.2) is 9.67 Å². The van der Waals surface area contributed by atoms with Gasteiger partial charge in [0.2, 0.25) is 0 Å². The fraction of sp³-hybridized carbons (Fsp3) is 0.200. The summed E-state index contributed by atoms with van der Waals surface area (Å²) in [5.41, 5.74) is 1.04. The third kappa shape index (κ3) is 2.42. The molecule has 2 aromatic heterocycles. The molecular weight excluding hydrogens is 291 g/mol. The third-order valence-corrected chi connectivity index (χ3v) is 2.72. The number of rotatable bonds is 3. The SMILES string of the molecule is CNCc1cnc(-n2cc(Br)cn2)c(Cl)c1. The lowest BCUT2D eigenvalue weighted by molar-refractivity contribution is 0.802. The van der Waals surface area contributed by atoms with E-state index in [0.717, 1.165) is 16.6 Å². The molecule has 2 heterocycles. The van der Waals surface area contributed by atoms with E-state index in [2.05, 4.69) is 31.3 Å². The van der Waals surface area contributed by atoms with Crippen LogP contribution in [0.5, 0.6) is 0 Å². The van der Waals surface area contributed by atoms with Gasteiger partial charge in [0.25, 0.3) is 0 Å². The van der Waals surface area contributed by atoms with Gasteiger partial charge in [-0.1, -0.05) is 11.6 Å². The van der Waals surface area contributed by atoms with E-state index in [1.807, 2.05) is 19.3 Å². The Balaban J connectivity index is 2.36. The first kappa shape index (κ1) is 11.6. The van der Waals surface area contributed by atoms with Gasteiger partial charge in [-0.05, 0) is 34.6 Å². The number of hydrogen-bond acceptors (Lipinski definition) is 3. The molecule has 84 valence electrons. The van der Waals surface area contributed by atoms with Gasteiger partial charge in [-0.2, -0.15) is 5.10 Å². The average molecular weight is 302 g/mol. The largest absolute Gasteiger partial charge is 0.316 e. The second kappa shape index (κ2) is 4.95. The Kier molecular flexibility index (Phi) is 3.58. The highest BCUT2D eigenvalue weighted by atomic mass is 79.9. The topological polar surface area (TPSA) is 42.7 Å². The van der Waals surface area contributed by atoms with Crippen LogP contribution >= 0.6 is 27.5 Å². The van der Waals surface area contributed by atoms with Crippen LogP contribution in [-0.2, 0) is 6.54 Å². The molecule has 0 atom stereocenters. The van der Waals surface area contributed by atoms with Gasteiger partial charge in [-0.15, -0.1) is 0 Å². The molecule has 2 aromatic rings. The lowest BCUT2D eigenvalue weighted by Gasteiger charge is -2.05. The van der Waals surface area contributed by atoms with Crippen LogP contribution in [0.1, 0.15) is 5.56 Å². The Morgan fingerprint density at radius 2 is 2.31 bits per heavy atom. The van der Waals surface area contributed by atoms with Crippen molar-refractivity contribution < 1.29 is 0 Å². The van der Waals surface area contributed by atoms with E-state index in [9.17, 15) is 0 Å². The van der Waals surface area contributed by atoms with Crippen LogP contribution in [0, 0.1) is 0 Å². The lowest BCUT2D eigenvalue weighted by atomic mass is 10.3. The molecule has 2 rings (SSSR count). The van der Waals surface area contributed by atoms with E-state index >= 15 is 0 Å². The summed E-state index contributed by atoms with van der Waals surface area (Å²) in [6, 6.07) is 1.88. The summed E-state index contributed by atoms with van der Waals surface area (Å²) in [6.07, 6.45) is 5.29. The number of aromatic nitrogens is 3. The summed E-state index contributed by atoms with van der Waals surface area (Å²) >= 11 is 9.47. The van der Waals surface area contributed by atoms with Crippen LogP contribution in [0.25, 0.3) is 5.82 Å². The number of nitrogens with one attached hydrogen (secondary N) is 1. The van der Waals surface area contributed by atoms with Crippen molar-refractivity contribution in [2.75, 3.05) is 7.05 Å². The highest BCUT2D eigenvalue weighted by molar-refractivity contribution is 9.10. The van der Waals surface area contributed by atoms with E-state index in [1.54, 1.807) is 17.1 Å². The smallest absolute Gasteiger partial charge is 0.172 e. The Hall–Kier alpha value is -0.910. The van der Waals surface area contributed by atoms with Crippen molar-refractivity contribution in [3.05, 3.63) is 39.7 Å². The van der Waals surface area contributed by atoms with Crippen LogP contribution < -0.4 is 5.32 Å². The molecule has 0 saturated carbocycles. The Morgan fingerprint density at radius 1 is 1.50 bits per heavy atom. The fourth-order valence-corrected chi connectivity index (χ4v) is 1.92. The molecule has 0 unspecified atom stereocenters. The lowest BCUT2D eigenvalue weighted by Crippen LogP contribution is -2.07. The number of pyridine rings is 1. The summed E-state index contributed by atoms with van der Waals surface area (Å²) in [5.74, 6) is 0.632. The Bertz CT molecular complexity index is 497. The highest BCUT2D eigenvalue weighted by Gasteiger charge is 2.06. The van der Waals surface area contributed by atoms with Gasteiger partial charge in [0, 0.05) is 18.9 Å². The van der Waals surface area contributed by atoms with Crippen molar-refractivity contribution in [1.82, 2.24) is 20.1 Å². The maximum Gasteiger partial charge on any atom is 0.172 e. The van der Waals surface area contributed by atoms with Crippen molar-refractivity contribution in [2.45, 2.75) is 6.54 Å². The minimum absolute atomic E-state index is 0.586. The van der Waals surface area contributed by atoms with Gasteiger partial charge < -0.3 is 5.32 Å². The maximum absolute atomic E-state index is 6.14. The van der Waals surface area contributed by atoms with Crippen LogP contribution in [-0.4, -0.2) is 21.8 Å². The van der Waals surface area contributed by atoms with Crippen LogP contribution in [0.15, 0.2) is 29.1 Å². The minimum atomic E-state index is 0.586. The molecule has 16 heavy (non-hydrogen) atoms. The molecule has 0 saturated heterocycles. The molecule has 6 heteroatoms. The van der Waals surface area contributed by atoms with Crippen LogP contribution in [0.3, 0.4) is 0 Å². The Morgan fingerprint density at radius 3 is 2.88 bits per heavy atom. The predicted molar refractivity (Wildman–Crippen MR) is 66.8 cm³/mol. The molecule has 0 aliphatic carbocycles. The highest BCUT2D eigenvalue weighted by Crippen LogP contribution is 2.20. The number of halogens is 2. The standard InChI is InChI=1S/C10H10BrClN4/c1-13-3-7-2-9(12)10(14-4-7)16-6-8(11)5-15-16/h2,4-6,13H,3H2,1H3. The molecule has 0 aliphatic heterocycles. The zero-order valence-electron chi connectivity index (χ0n) is 8.61. The van der Waals surface area contributed by atoms with Gasteiger partial charge in [-0.3, -0.25) is 0 Å². The minimum Gasteiger partial charge on any atom is -0.316 e. The summed E-state index contributed by atoms with van der Waals surface area (Å²) in [7, 11) is 1.88. The summed E-state index contributed by atoms with van der Waals surface area (Å²) in [5, 5.41) is 7.76. The number of nitrogens with zero attached hydrogens (tertiary/aromatic N) is 3. The molecule has 4 nitrogen and oxygen atoms in total.